The molecule has 2 aromatic carbocycles. The van der Waals surface area contributed by atoms with E-state index < -0.39 is 5.97 Å². The van der Waals surface area contributed by atoms with Crippen LogP contribution in [0.15, 0.2) is 46.9 Å². The van der Waals surface area contributed by atoms with E-state index in [4.69, 9.17) is 9.47 Å². The van der Waals surface area contributed by atoms with Gasteiger partial charge in [-0.15, -0.1) is 0 Å². The fourth-order valence-electron chi connectivity index (χ4n) is 2.05. The van der Waals surface area contributed by atoms with Gasteiger partial charge in [0, 0.05) is 18.2 Å². The minimum absolute atomic E-state index is 0.102. The summed E-state index contributed by atoms with van der Waals surface area (Å²) in [7, 11) is 0. The first-order valence-electron chi connectivity index (χ1n) is 8.43. The van der Waals surface area contributed by atoms with E-state index in [0.29, 0.717) is 46.2 Å². The van der Waals surface area contributed by atoms with Crippen molar-refractivity contribution in [1.82, 2.24) is 0 Å². The van der Waals surface area contributed by atoms with E-state index in [0.717, 1.165) is 0 Å². The molecule has 1 N–H and O–H groups in total. The number of halogens is 1. The molecule has 2 aromatic rings. The zero-order valence-electron chi connectivity index (χ0n) is 15.0. The van der Waals surface area contributed by atoms with E-state index in [1.54, 1.807) is 49.4 Å². The summed E-state index contributed by atoms with van der Waals surface area (Å²) < 4.78 is 11.8. The molecule has 2 rings (SSSR count). The van der Waals surface area contributed by atoms with E-state index in [1.807, 2.05) is 0 Å². The van der Waals surface area contributed by atoms with E-state index in [9.17, 15) is 9.59 Å². The van der Waals surface area contributed by atoms with Gasteiger partial charge in [0.05, 0.1) is 16.6 Å². The molecule has 0 bridgehead atoms. The Morgan fingerprint density at radius 2 is 1.92 bits per heavy atom. The van der Waals surface area contributed by atoms with Crippen LogP contribution in [0.5, 0.6) is 11.5 Å². The SMILES string of the molecule is CCC(=O)Nc1cccc(OC(=O)c2ccc(OCC(C)C)c(Br)c2)c1. The number of hydrogen-bond donors (Lipinski definition) is 1. The highest BCUT2D eigenvalue weighted by Crippen LogP contribution is 2.27. The standard InChI is InChI=1S/C20H22BrNO4/c1-4-19(23)22-15-6-5-7-16(11-15)26-20(24)14-8-9-18(17(21)10-14)25-12-13(2)3/h5-11,13H,4,12H2,1-3H3,(H,22,23). The van der Waals surface area contributed by atoms with Crippen LogP contribution in [0.3, 0.4) is 0 Å². The predicted molar refractivity (Wildman–Crippen MR) is 105 cm³/mol. The smallest absolute Gasteiger partial charge is 0.343 e. The summed E-state index contributed by atoms with van der Waals surface area (Å²) in [5.74, 6) is 0.862. The minimum Gasteiger partial charge on any atom is -0.492 e. The molecule has 0 radical (unpaired) electrons. The maximum Gasteiger partial charge on any atom is 0.343 e. The Morgan fingerprint density at radius 3 is 2.58 bits per heavy atom. The van der Waals surface area contributed by atoms with Gasteiger partial charge in [-0.1, -0.05) is 26.8 Å². The molecule has 0 saturated heterocycles. The van der Waals surface area contributed by atoms with Gasteiger partial charge >= 0.3 is 5.97 Å². The molecule has 5 nitrogen and oxygen atoms in total. The van der Waals surface area contributed by atoms with Crippen LogP contribution < -0.4 is 14.8 Å². The first kappa shape index (κ1) is 20.0. The van der Waals surface area contributed by atoms with Crippen LogP contribution in [0.1, 0.15) is 37.6 Å². The quantitative estimate of drug-likeness (QED) is 0.503. The van der Waals surface area contributed by atoms with Crippen molar-refractivity contribution in [3.8, 4) is 11.5 Å². The summed E-state index contributed by atoms with van der Waals surface area (Å²) in [5, 5.41) is 2.73. The van der Waals surface area contributed by atoms with Crippen molar-refractivity contribution >= 4 is 33.5 Å². The predicted octanol–water partition coefficient (Wildman–Crippen LogP) is 5.05. The molecule has 26 heavy (non-hydrogen) atoms. The molecule has 0 saturated carbocycles. The summed E-state index contributed by atoms with van der Waals surface area (Å²) in [4.78, 5) is 23.8. The van der Waals surface area contributed by atoms with E-state index in [2.05, 4.69) is 35.1 Å². The summed E-state index contributed by atoms with van der Waals surface area (Å²) in [5.41, 5.74) is 0.984. The number of hydrogen-bond acceptors (Lipinski definition) is 4. The highest BCUT2D eigenvalue weighted by molar-refractivity contribution is 9.10. The number of ether oxygens (including phenoxy) is 2. The molecular weight excluding hydrogens is 398 g/mol. The van der Waals surface area contributed by atoms with Crippen LogP contribution in [-0.2, 0) is 4.79 Å². The lowest BCUT2D eigenvalue weighted by Gasteiger charge is -2.11. The van der Waals surface area contributed by atoms with Crippen molar-refractivity contribution in [2.75, 3.05) is 11.9 Å². The van der Waals surface area contributed by atoms with Gasteiger partial charge in [-0.3, -0.25) is 4.79 Å². The van der Waals surface area contributed by atoms with Gasteiger partial charge in [0.25, 0.3) is 0 Å². The third kappa shape index (κ3) is 5.88. The van der Waals surface area contributed by atoms with Gasteiger partial charge < -0.3 is 14.8 Å². The Labute approximate surface area is 161 Å². The lowest BCUT2D eigenvalue weighted by atomic mass is 10.2. The van der Waals surface area contributed by atoms with Gasteiger partial charge in [0.15, 0.2) is 0 Å². The fraction of sp³-hybridized carbons (Fsp3) is 0.300. The van der Waals surface area contributed by atoms with Crippen LogP contribution >= 0.6 is 15.9 Å². The second-order valence-corrected chi connectivity index (χ2v) is 7.02. The Balaban J connectivity index is 2.06. The van der Waals surface area contributed by atoms with E-state index in [1.165, 1.54) is 0 Å². The zero-order chi connectivity index (χ0) is 19.1. The Morgan fingerprint density at radius 1 is 1.15 bits per heavy atom. The monoisotopic (exact) mass is 419 g/mol. The van der Waals surface area contributed by atoms with Crippen LogP contribution in [0, 0.1) is 5.92 Å². The van der Waals surface area contributed by atoms with Crippen LogP contribution in [0.4, 0.5) is 5.69 Å². The lowest BCUT2D eigenvalue weighted by Crippen LogP contribution is -2.11. The second-order valence-electron chi connectivity index (χ2n) is 6.17. The minimum atomic E-state index is -0.486. The number of rotatable bonds is 7. The van der Waals surface area contributed by atoms with Crippen molar-refractivity contribution in [2.45, 2.75) is 27.2 Å². The Bertz CT molecular complexity index is 789. The zero-order valence-corrected chi connectivity index (χ0v) is 16.6. The number of esters is 1. The van der Waals surface area contributed by atoms with E-state index in [-0.39, 0.29) is 5.91 Å². The first-order chi connectivity index (χ1) is 12.4. The van der Waals surface area contributed by atoms with Crippen molar-refractivity contribution in [3.05, 3.63) is 52.5 Å². The summed E-state index contributed by atoms with van der Waals surface area (Å²) in [6, 6.07) is 11.8. The maximum atomic E-state index is 12.4. The summed E-state index contributed by atoms with van der Waals surface area (Å²) in [6.07, 6.45) is 0.378. The molecule has 0 heterocycles. The largest absolute Gasteiger partial charge is 0.492 e. The Hall–Kier alpha value is -2.34. The maximum absolute atomic E-state index is 12.4. The van der Waals surface area contributed by atoms with Crippen molar-refractivity contribution in [1.29, 1.82) is 0 Å². The number of anilines is 1. The third-order valence-corrected chi connectivity index (χ3v) is 4.01. The first-order valence-corrected chi connectivity index (χ1v) is 9.22. The molecule has 138 valence electrons. The van der Waals surface area contributed by atoms with Gasteiger partial charge in [-0.2, -0.15) is 0 Å². The highest BCUT2D eigenvalue weighted by Gasteiger charge is 2.12. The number of amides is 1. The van der Waals surface area contributed by atoms with Gasteiger partial charge in [-0.05, 0) is 52.2 Å². The molecule has 0 aliphatic carbocycles. The molecule has 0 fully saturated rings. The number of benzene rings is 2. The molecule has 0 spiro atoms. The molecule has 0 aliphatic heterocycles. The highest BCUT2D eigenvalue weighted by atomic mass is 79.9. The second kappa shape index (κ2) is 9.38. The average Bonchev–Trinajstić information content (AvgIpc) is 2.60. The molecule has 0 aromatic heterocycles. The van der Waals surface area contributed by atoms with Crippen molar-refractivity contribution in [2.24, 2.45) is 5.92 Å². The number of nitrogens with one attached hydrogen (secondary N) is 1. The number of carbonyl (C=O) groups excluding carboxylic acids is 2. The van der Waals surface area contributed by atoms with Crippen molar-refractivity contribution < 1.29 is 19.1 Å². The van der Waals surface area contributed by atoms with E-state index >= 15 is 0 Å². The summed E-state index contributed by atoms with van der Waals surface area (Å²) >= 11 is 3.42. The van der Waals surface area contributed by atoms with Crippen LogP contribution in [-0.4, -0.2) is 18.5 Å². The van der Waals surface area contributed by atoms with Crippen LogP contribution in [0.2, 0.25) is 0 Å². The van der Waals surface area contributed by atoms with Gasteiger partial charge in [-0.25, -0.2) is 4.79 Å². The van der Waals surface area contributed by atoms with Gasteiger partial charge in [0.1, 0.15) is 11.5 Å². The molecule has 0 unspecified atom stereocenters. The molecule has 0 atom stereocenters. The topological polar surface area (TPSA) is 64.6 Å². The molecule has 0 aliphatic rings. The molecule has 6 heteroatoms. The summed E-state index contributed by atoms with van der Waals surface area (Å²) in [6.45, 7) is 6.50. The fourth-order valence-corrected chi connectivity index (χ4v) is 2.55. The molecular formula is C20H22BrNO4. The average molecular weight is 420 g/mol. The normalized spacial score (nSPS) is 10.5. The van der Waals surface area contributed by atoms with Gasteiger partial charge in [0.2, 0.25) is 5.91 Å². The lowest BCUT2D eigenvalue weighted by molar-refractivity contribution is -0.115. The number of carbonyl (C=O) groups is 2. The molecule has 1 amide bonds. The van der Waals surface area contributed by atoms with Crippen LogP contribution in [0.25, 0.3) is 0 Å². The Kier molecular flexibility index (Phi) is 7.21. The third-order valence-electron chi connectivity index (χ3n) is 3.39. The van der Waals surface area contributed by atoms with Crippen molar-refractivity contribution in [3.63, 3.8) is 0 Å².